The first-order valence-corrected chi connectivity index (χ1v) is 7.40. The lowest BCUT2D eigenvalue weighted by molar-refractivity contribution is -0.125. The first-order chi connectivity index (χ1) is 9.82. The molecule has 0 radical (unpaired) electrons. The quantitative estimate of drug-likeness (QED) is 0.892. The molecular formula is C16H22ClN3O. The number of nitrogens with one attached hydrogen (secondary N) is 2. The summed E-state index contributed by atoms with van der Waals surface area (Å²) in [5.74, 6) is 0.0187. The Labute approximate surface area is 130 Å². The normalized spacial score (nSPS) is 12.1. The molecule has 1 heterocycles. The molecule has 0 saturated heterocycles. The highest BCUT2D eigenvalue weighted by Gasteiger charge is 2.31. The van der Waals surface area contributed by atoms with Crippen LogP contribution in [0.4, 0.5) is 0 Å². The van der Waals surface area contributed by atoms with Crippen molar-refractivity contribution in [3.8, 4) is 0 Å². The molecule has 114 valence electrons. The number of H-pyrrole nitrogens is 1. The van der Waals surface area contributed by atoms with Gasteiger partial charge in [-0.1, -0.05) is 11.6 Å². The van der Waals surface area contributed by atoms with Gasteiger partial charge in [-0.25, -0.2) is 0 Å². The Morgan fingerprint density at radius 2 is 2.10 bits per heavy atom. The lowest BCUT2D eigenvalue weighted by Crippen LogP contribution is -2.42. The molecule has 0 atom stereocenters. The van der Waals surface area contributed by atoms with Gasteiger partial charge in [0.15, 0.2) is 0 Å². The molecule has 1 aromatic heterocycles. The summed E-state index contributed by atoms with van der Waals surface area (Å²) in [6.07, 6.45) is 1.90. The van der Waals surface area contributed by atoms with E-state index in [-0.39, 0.29) is 5.91 Å². The lowest BCUT2D eigenvalue weighted by atomic mass is 9.83. The molecule has 21 heavy (non-hydrogen) atoms. The Balaban J connectivity index is 2.24. The Hall–Kier alpha value is -1.52. The average molecular weight is 308 g/mol. The van der Waals surface area contributed by atoms with Gasteiger partial charge in [0.1, 0.15) is 0 Å². The van der Waals surface area contributed by atoms with Gasteiger partial charge >= 0.3 is 0 Å². The van der Waals surface area contributed by atoms with Crippen molar-refractivity contribution < 1.29 is 4.79 Å². The van der Waals surface area contributed by atoms with E-state index in [2.05, 4.69) is 10.3 Å². The highest BCUT2D eigenvalue weighted by Crippen LogP contribution is 2.32. The SMILES string of the molecule is CN(C)CCNC(=O)C(C)(C)c1c[nH]c2ccc(Cl)cc12. The van der Waals surface area contributed by atoms with Crippen LogP contribution < -0.4 is 5.32 Å². The first-order valence-electron chi connectivity index (χ1n) is 7.02. The third-order valence-electron chi connectivity index (χ3n) is 3.73. The Kier molecular flexibility index (Phi) is 4.59. The maximum absolute atomic E-state index is 12.5. The van der Waals surface area contributed by atoms with Crippen LogP contribution in [0.1, 0.15) is 19.4 Å². The molecule has 0 saturated carbocycles. The molecule has 0 aliphatic heterocycles. The number of amides is 1. The van der Waals surface area contributed by atoms with E-state index in [1.54, 1.807) is 0 Å². The monoisotopic (exact) mass is 307 g/mol. The van der Waals surface area contributed by atoms with Gasteiger partial charge in [0, 0.05) is 35.2 Å². The summed E-state index contributed by atoms with van der Waals surface area (Å²) in [5.41, 5.74) is 1.33. The Bertz CT molecular complexity index is 646. The van der Waals surface area contributed by atoms with Gasteiger partial charge in [-0.2, -0.15) is 0 Å². The van der Waals surface area contributed by atoms with E-state index in [1.807, 2.05) is 57.2 Å². The van der Waals surface area contributed by atoms with Gasteiger partial charge in [-0.3, -0.25) is 4.79 Å². The number of carbonyl (C=O) groups is 1. The van der Waals surface area contributed by atoms with Crippen LogP contribution in [0.2, 0.25) is 5.02 Å². The van der Waals surface area contributed by atoms with Crippen molar-refractivity contribution in [3.63, 3.8) is 0 Å². The smallest absolute Gasteiger partial charge is 0.230 e. The molecule has 1 amide bonds. The summed E-state index contributed by atoms with van der Waals surface area (Å²) in [6.45, 7) is 5.32. The fourth-order valence-electron chi connectivity index (χ4n) is 2.35. The van der Waals surface area contributed by atoms with Crippen molar-refractivity contribution in [2.24, 2.45) is 0 Å². The van der Waals surface area contributed by atoms with E-state index in [4.69, 9.17) is 11.6 Å². The topological polar surface area (TPSA) is 48.1 Å². The van der Waals surface area contributed by atoms with Crippen molar-refractivity contribution in [1.29, 1.82) is 0 Å². The Morgan fingerprint density at radius 1 is 1.38 bits per heavy atom. The largest absolute Gasteiger partial charge is 0.361 e. The third kappa shape index (κ3) is 3.39. The van der Waals surface area contributed by atoms with Crippen molar-refractivity contribution >= 4 is 28.4 Å². The maximum Gasteiger partial charge on any atom is 0.230 e. The van der Waals surface area contributed by atoms with Gasteiger partial charge in [0.05, 0.1) is 5.41 Å². The van der Waals surface area contributed by atoms with E-state index in [9.17, 15) is 4.79 Å². The summed E-state index contributed by atoms with van der Waals surface area (Å²) < 4.78 is 0. The van der Waals surface area contributed by atoms with E-state index < -0.39 is 5.41 Å². The predicted molar refractivity (Wildman–Crippen MR) is 87.9 cm³/mol. The van der Waals surface area contributed by atoms with Crippen LogP contribution >= 0.6 is 11.6 Å². The van der Waals surface area contributed by atoms with Gasteiger partial charge in [-0.15, -0.1) is 0 Å². The number of aromatic nitrogens is 1. The van der Waals surface area contributed by atoms with E-state index in [0.717, 1.165) is 23.0 Å². The highest BCUT2D eigenvalue weighted by atomic mass is 35.5. The zero-order valence-electron chi connectivity index (χ0n) is 13.0. The predicted octanol–water partition coefficient (Wildman–Crippen LogP) is 2.78. The first kappa shape index (κ1) is 15.9. The molecular weight excluding hydrogens is 286 g/mol. The van der Waals surface area contributed by atoms with Crippen LogP contribution in [0, 0.1) is 0 Å². The van der Waals surface area contributed by atoms with Crippen molar-refractivity contribution in [2.75, 3.05) is 27.2 Å². The second-order valence-electron chi connectivity index (χ2n) is 6.08. The minimum atomic E-state index is -0.616. The number of nitrogens with zero attached hydrogens (tertiary/aromatic N) is 1. The number of hydrogen-bond donors (Lipinski definition) is 2. The number of aromatic amines is 1. The van der Waals surface area contributed by atoms with Crippen LogP contribution in [-0.2, 0) is 10.2 Å². The zero-order chi connectivity index (χ0) is 15.6. The molecule has 0 aliphatic rings. The Morgan fingerprint density at radius 3 is 2.76 bits per heavy atom. The molecule has 0 spiro atoms. The minimum absolute atomic E-state index is 0.0187. The summed E-state index contributed by atoms with van der Waals surface area (Å²) in [4.78, 5) is 17.7. The average Bonchev–Trinajstić information content (AvgIpc) is 2.81. The molecule has 2 aromatic rings. The molecule has 0 fully saturated rings. The number of benzene rings is 1. The van der Waals surface area contributed by atoms with Crippen LogP contribution in [0.5, 0.6) is 0 Å². The third-order valence-corrected chi connectivity index (χ3v) is 3.96. The molecule has 0 aliphatic carbocycles. The number of rotatable bonds is 5. The summed E-state index contributed by atoms with van der Waals surface area (Å²) in [5, 5.41) is 4.66. The van der Waals surface area contributed by atoms with E-state index in [0.29, 0.717) is 11.6 Å². The molecule has 2 N–H and O–H groups in total. The van der Waals surface area contributed by atoms with Crippen molar-refractivity contribution in [2.45, 2.75) is 19.3 Å². The second kappa shape index (κ2) is 6.08. The van der Waals surface area contributed by atoms with E-state index in [1.165, 1.54) is 0 Å². The number of likely N-dealkylation sites (N-methyl/N-ethyl adjacent to an activating group) is 1. The fraction of sp³-hybridized carbons (Fsp3) is 0.438. The molecule has 0 unspecified atom stereocenters. The van der Waals surface area contributed by atoms with Crippen LogP contribution in [0.25, 0.3) is 10.9 Å². The number of hydrogen-bond acceptors (Lipinski definition) is 2. The van der Waals surface area contributed by atoms with Gasteiger partial charge in [0.25, 0.3) is 0 Å². The molecule has 2 rings (SSSR count). The number of carbonyl (C=O) groups excluding carboxylic acids is 1. The molecule has 0 bridgehead atoms. The summed E-state index contributed by atoms with van der Waals surface area (Å²) >= 11 is 6.08. The van der Waals surface area contributed by atoms with Crippen LogP contribution in [0.15, 0.2) is 24.4 Å². The van der Waals surface area contributed by atoms with Crippen LogP contribution in [-0.4, -0.2) is 43.0 Å². The van der Waals surface area contributed by atoms with Crippen LogP contribution in [0.3, 0.4) is 0 Å². The lowest BCUT2D eigenvalue weighted by Gasteiger charge is -2.24. The molecule has 1 aromatic carbocycles. The molecule has 4 nitrogen and oxygen atoms in total. The zero-order valence-corrected chi connectivity index (χ0v) is 13.7. The standard InChI is InChI=1S/C16H22ClN3O/c1-16(2,15(21)18-7-8-20(3)4)13-10-19-14-6-5-11(17)9-12(13)14/h5-6,9-10,19H,7-8H2,1-4H3,(H,18,21). The number of fused-ring (bicyclic) bond motifs is 1. The summed E-state index contributed by atoms with van der Waals surface area (Å²) in [7, 11) is 3.97. The number of halogens is 1. The van der Waals surface area contributed by atoms with E-state index >= 15 is 0 Å². The fourth-order valence-corrected chi connectivity index (χ4v) is 2.52. The second-order valence-corrected chi connectivity index (χ2v) is 6.51. The van der Waals surface area contributed by atoms with Crippen molar-refractivity contribution in [3.05, 3.63) is 35.0 Å². The summed E-state index contributed by atoms with van der Waals surface area (Å²) in [6, 6.07) is 5.67. The molecule has 5 heteroatoms. The van der Waals surface area contributed by atoms with Gasteiger partial charge < -0.3 is 15.2 Å². The minimum Gasteiger partial charge on any atom is -0.361 e. The van der Waals surface area contributed by atoms with Gasteiger partial charge in [0.2, 0.25) is 5.91 Å². The maximum atomic E-state index is 12.5. The van der Waals surface area contributed by atoms with Gasteiger partial charge in [-0.05, 0) is 51.7 Å². The van der Waals surface area contributed by atoms with Crippen molar-refractivity contribution in [1.82, 2.24) is 15.2 Å². The highest BCUT2D eigenvalue weighted by molar-refractivity contribution is 6.31.